The van der Waals surface area contributed by atoms with Crippen LogP contribution in [0, 0.1) is 0 Å². The van der Waals surface area contributed by atoms with Crippen LogP contribution in [0.3, 0.4) is 0 Å². The van der Waals surface area contributed by atoms with Gasteiger partial charge in [-0.25, -0.2) is 4.98 Å². The molecule has 0 saturated heterocycles. The van der Waals surface area contributed by atoms with Crippen molar-refractivity contribution < 1.29 is 9.90 Å². The number of ketones is 1. The summed E-state index contributed by atoms with van der Waals surface area (Å²) in [4.78, 5) is 19.6. The second-order valence-electron chi connectivity index (χ2n) is 4.13. The Morgan fingerprint density at radius 2 is 2.00 bits per heavy atom. The zero-order chi connectivity index (χ0) is 13.4. The lowest BCUT2D eigenvalue weighted by molar-refractivity contribution is 0.104. The molecule has 2 N–H and O–H groups in total. The van der Waals surface area contributed by atoms with Crippen LogP contribution in [0.4, 0.5) is 0 Å². The molecule has 0 saturated carbocycles. The number of rotatable bonds is 2. The zero-order valence-corrected chi connectivity index (χ0v) is 11.3. The van der Waals surface area contributed by atoms with Gasteiger partial charge in [0.1, 0.15) is 11.4 Å². The molecule has 2 aromatic heterocycles. The number of fused-ring (bicyclic) bond motifs is 1. The molecule has 0 amide bonds. The average molecular weight is 317 g/mol. The third-order valence-electron chi connectivity index (χ3n) is 2.87. The van der Waals surface area contributed by atoms with E-state index in [4.69, 9.17) is 0 Å². The Bertz CT molecular complexity index is 763. The number of pyridine rings is 1. The van der Waals surface area contributed by atoms with Crippen molar-refractivity contribution in [2.45, 2.75) is 0 Å². The van der Waals surface area contributed by atoms with Crippen molar-refractivity contribution in [2.75, 3.05) is 0 Å². The van der Waals surface area contributed by atoms with Gasteiger partial charge in [-0.2, -0.15) is 0 Å². The fraction of sp³-hybridized carbons (Fsp3) is 0. The quantitative estimate of drug-likeness (QED) is 0.713. The van der Waals surface area contributed by atoms with E-state index >= 15 is 0 Å². The van der Waals surface area contributed by atoms with E-state index in [9.17, 15) is 9.90 Å². The number of aromatic hydroxyl groups is 1. The molecule has 0 atom stereocenters. The van der Waals surface area contributed by atoms with Crippen molar-refractivity contribution in [3.8, 4) is 5.75 Å². The highest BCUT2D eigenvalue weighted by Crippen LogP contribution is 2.23. The zero-order valence-electron chi connectivity index (χ0n) is 9.72. The van der Waals surface area contributed by atoms with Crippen molar-refractivity contribution in [3.05, 3.63) is 58.3 Å². The van der Waals surface area contributed by atoms with Gasteiger partial charge in [0.05, 0.1) is 0 Å². The third-order valence-corrected chi connectivity index (χ3v) is 3.31. The van der Waals surface area contributed by atoms with Crippen molar-refractivity contribution >= 4 is 32.7 Å². The van der Waals surface area contributed by atoms with Gasteiger partial charge >= 0.3 is 0 Å². The molecule has 2 heterocycles. The molecule has 0 aliphatic rings. The monoisotopic (exact) mass is 316 g/mol. The van der Waals surface area contributed by atoms with Gasteiger partial charge in [-0.05, 0) is 46.3 Å². The van der Waals surface area contributed by atoms with Crippen LogP contribution in [0.1, 0.15) is 15.9 Å². The van der Waals surface area contributed by atoms with Gasteiger partial charge in [0.25, 0.3) is 0 Å². The smallest absolute Gasteiger partial charge is 0.195 e. The first-order chi connectivity index (χ1) is 9.15. The van der Waals surface area contributed by atoms with E-state index in [1.54, 1.807) is 24.5 Å². The summed E-state index contributed by atoms with van der Waals surface area (Å²) in [5, 5.41) is 10.0. The predicted molar refractivity (Wildman–Crippen MR) is 75.3 cm³/mol. The molecule has 5 heteroatoms. The van der Waals surface area contributed by atoms with Crippen LogP contribution >= 0.6 is 15.9 Å². The van der Waals surface area contributed by atoms with Gasteiger partial charge in [0.15, 0.2) is 5.78 Å². The lowest BCUT2D eigenvalue weighted by Crippen LogP contribution is -1.99. The summed E-state index contributed by atoms with van der Waals surface area (Å²) in [6.07, 6.45) is 3.33. The topological polar surface area (TPSA) is 66.0 Å². The lowest BCUT2D eigenvalue weighted by Gasteiger charge is -2.00. The van der Waals surface area contributed by atoms with E-state index in [0.717, 1.165) is 9.86 Å². The summed E-state index contributed by atoms with van der Waals surface area (Å²) in [6, 6.07) is 8.04. The molecule has 94 valence electrons. The number of H-pyrrole nitrogens is 1. The van der Waals surface area contributed by atoms with Crippen LogP contribution in [0.5, 0.6) is 5.75 Å². The highest BCUT2D eigenvalue weighted by Gasteiger charge is 2.14. The number of hydrogen-bond donors (Lipinski definition) is 2. The van der Waals surface area contributed by atoms with Crippen LogP contribution in [-0.4, -0.2) is 20.9 Å². The fourth-order valence-electron chi connectivity index (χ4n) is 1.93. The first-order valence-corrected chi connectivity index (χ1v) is 6.41. The molecule has 0 unspecified atom stereocenters. The van der Waals surface area contributed by atoms with Gasteiger partial charge in [-0.15, -0.1) is 0 Å². The second-order valence-corrected chi connectivity index (χ2v) is 5.04. The summed E-state index contributed by atoms with van der Waals surface area (Å²) in [5.74, 6) is 0.0334. The molecule has 0 radical (unpaired) electrons. The number of aromatic amines is 1. The Morgan fingerprint density at radius 1 is 1.26 bits per heavy atom. The van der Waals surface area contributed by atoms with E-state index in [1.165, 1.54) is 12.1 Å². The molecule has 0 fully saturated rings. The number of phenols is 1. The predicted octanol–water partition coefficient (Wildman–Crippen LogP) is 3.26. The largest absolute Gasteiger partial charge is 0.508 e. The average Bonchev–Trinajstić information content (AvgIpc) is 2.81. The number of phenolic OH excluding ortho intramolecular Hbond substituents is 1. The van der Waals surface area contributed by atoms with Gasteiger partial charge in [-0.1, -0.05) is 0 Å². The van der Waals surface area contributed by atoms with Crippen molar-refractivity contribution in [1.82, 2.24) is 9.97 Å². The summed E-state index contributed by atoms with van der Waals surface area (Å²) >= 11 is 3.35. The number of hydrogen-bond acceptors (Lipinski definition) is 3. The molecule has 0 aliphatic heterocycles. The molecule has 3 rings (SSSR count). The first kappa shape index (κ1) is 11.9. The van der Waals surface area contributed by atoms with Gasteiger partial charge < -0.3 is 10.1 Å². The number of halogens is 1. The van der Waals surface area contributed by atoms with Crippen LogP contribution in [-0.2, 0) is 0 Å². The van der Waals surface area contributed by atoms with Crippen molar-refractivity contribution in [1.29, 1.82) is 0 Å². The molecule has 0 bridgehead atoms. The SMILES string of the molecule is O=C(c1ccc(O)cc1)c1c[nH]c2ncc(Br)cc12. The Balaban J connectivity index is 2.11. The van der Waals surface area contributed by atoms with Crippen LogP contribution in [0.15, 0.2) is 47.2 Å². The number of nitrogens with zero attached hydrogens (tertiary/aromatic N) is 1. The van der Waals surface area contributed by atoms with Crippen molar-refractivity contribution in [2.24, 2.45) is 0 Å². The minimum Gasteiger partial charge on any atom is -0.508 e. The van der Waals surface area contributed by atoms with E-state index in [-0.39, 0.29) is 11.5 Å². The Morgan fingerprint density at radius 3 is 2.74 bits per heavy atom. The molecule has 1 aromatic carbocycles. The number of carbonyl (C=O) groups is 1. The second kappa shape index (κ2) is 4.51. The summed E-state index contributed by atoms with van der Waals surface area (Å²) < 4.78 is 0.819. The van der Waals surface area contributed by atoms with Crippen LogP contribution in [0.25, 0.3) is 11.0 Å². The molecule has 0 aliphatic carbocycles. The highest BCUT2D eigenvalue weighted by atomic mass is 79.9. The maximum absolute atomic E-state index is 12.4. The van der Waals surface area contributed by atoms with Gasteiger partial charge in [0.2, 0.25) is 0 Å². The van der Waals surface area contributed by atoms with Crippen LogP contribution < -0.4 is 0 Å². The lowest BCUT2D eigenvalue weighted by atomic mass is 10.0. The summed E-state index contributed by atoms with van der Waals surface area (Å²) in [7, 11) is 0. The molecular formula is C14H9BrN2O2. The molecule has 19 heavy (non-hydrogen) atoms. The standard InChI is InChI=1S/C14H9BrN2O2/c15-9-5-11-12(7-17-14(11)16-6-9)13(19)8-1-3-10(18)4-2-8/h1-7,18H,(H,16,17). The van der Waals surface area contributed by atoms with Crippen LogP contribution in [0.2, 0.25) is 0 Å². The molecule has 0 spiro atoms. The number of benzene rings is 1. The molecular weight excluding hydrogens is 308 g/mol. The van der Waals surface area contributed by atoms with Gasteiger partial charge in [-0.3, -0.25) is 4.79 Å². The summed E-state index contributed by atoms with van der Waals surface area (Å²) in [6.45, 7) is 0. The number of aromatic nitrogens is 2. The molecule has 3 aromatic rings. The fourth-order valence-corrected chi connectivity index (χ4v) is 2.27. The first-order valence-electron chi connectivity index (χ1n) is 5.61. The van der Waals surface area contributed by atoms with E-state index in [1.807, 2.05) is 6.07 Å². The molecule has 4 nitrogen and oxygen atoms in total. The number of carbonyl (C=O) groups excluding carboxylic acids is 1. The van der Waals surface area contributed by atoms with Crippen molar-refractivity contribution in [3.63, 3.8) is 0 Å². The van der Waals surface area contributed by atoms with Gasteiger partial charge in [0, 0.05) is 33.4 Å². The van der Waals surface area contributed by atoms with E-state index in [0.29, 0.717) is 16.8 Å². The minimum absolute atomic E-state index is 0.105. The maximum Gasteiger partial charge on any atom is 0.195 e. The highest BCUT2D eigenvalue weighted by molar-refractivity contribution is 9.10. The Kier molecular flexibility index (Phi) is 2.83. The summed E-state index contributed by atoms with van der Waals surface area (Å²) in [5.41, 5.74) is 1.76. The Hall–Kier alpha value is -2.14. The van der Waals surface area contributed by atoms with E-state index in [2.05, 4.69) is 25.9 Å². The number of nitrogens with one attached hydrogen (secondary N) is 1. The maximum atomic E-state index is 12.4. The Labute approximate surface area is 117 Å². The minimum atomic E-state index is -0.105. The normalized spacial score (nSPS) is 10.8. The third kappa shape index (κ3) is 2.13. The van der Waals surface area contributed by atoms with E-state index < -0.39 is 0 Å².